The molecule has 0 bridgehead atoms. The maximum absolute atomic E-state index is 12.7. The Hall–Kier alpha value is -2.05. The molecule has 1 N–H and O–H groups in total. The first-order chi connectivity index (χ1) is 12.2. The molecule has 2 atom stereocenters. The van der Waals surface area contributed by atoms with Gasteiger partial charge in [-0.15, -0.1) is 0 Å². The molecule has 0 aliphatic carbocycles. The van der Waals surface area contributed by atoms with E-state index in [2.05, 4.69) is 5.32 Å². The number of rotatable bonds is 7. The molecule has 0 aromatic heterocycles. The van der Waals surface area contributed by atoms with Crippen LogP contribution in [0.15, 0.2) is 48.5 Å². The van der Waals surface area contributed by atoms with Crippen LogP contribution in [0.3, 0.4) is 0 Å². The lowest BCUT2D eigenvalue weighted by atomic mass is 10.1. The summed E-state index contributed by atoms with van der Waals surface area (Å²) in [6.07, 6.45) is 0. The van der Waals surface area contributed by atoms with Gasteiger partial charge in [0.2, 0.25) is 5.91 Å². The molecule has 0 saturated carbocycles. The van der Waals surface area contributed by atoms with Crippen LogP contribution in [-0.4, -0.2) is 26.7 Å². The minimum Gasteiger partial charge on any atom is -0.496 e. The van der Waals surface area contributed by atoms with Gasteiger partial charge in [-0.05, 0) is 37.6 Å². The lowest BCUT2D eigenvalue weighted by molar-refractivity contribution is -0.121. The fourth-order valence-electron chi connectivity index (χ4n) is 2.52. The fourth-order valence-corrected chi connectivity index (χ4v) is 4.02. The van der Waals surface area contributed by atoms with Gasteiger partial charge in [0.25, 0.3) is 0 Å². The zero-order valence-corrected chi connectivity index (χ0v) is 16.5. The van der Waals surface area contributed by atoms with E-state index >= 15 is 0 Å². The Kier molecular flexibility index (Phi) is 6.67. The summed E-state index contributed by atoms with van der Waals surface area (Å²) in [6, 6.07) is 13.8. The van der Waals surface area contributed by atoms with E-state index in [1.54, 1.807) is 12.1 Å². The predicted octanol–water partition coefficient (Wildman–Crippen LogP) is 3.53. The highest BCUT2D eigenvalue weighted by molar-refractivity contribution is 7.92. The smallest absolute Gasteiger partial charge is 0.238 e. The zero-order chi connectivity index (χ0) is 19.3. The van der Waals surface area contributed by atoms with Crippen molar-refractivity contribution < 1.29 is 17.9 Å². The number of hydrogen-bond acceptors (Lipinski definition) is 4. The van der Waals surface area contributed by atoms with Gasteiger partial charge < -0.3 is 10.1 Å². The summed E-state index contributed by atoms with van der Waals surface area (Å²) < 4.78 is 30.5. The molecule has 0 heterocycles. The molecule has 2 aromatic rings. The molecule has 0 spiro atoms. The summed E-state index contributed by atoms with van der Waals surface area (Å²) in [6.45, 7) is 3.20. The number of carbonyl (C=O) groups excluding carboxylic acids is 1. The van der Waals surface area contributed by atoms with Crippen molar-refractivity contribution in [2.45, 2.75) is 30.9 Å². The third-order valence-electron chi connectivity index (χ3n) is 4.17. The van der Waals surface area contributed by atoms with E-state index < -0.39 is 21.0 Å². The first-order valence-electron chi connectivity index (χ1n) is 8.14. The average molecular weight is 396 g/mol. The number of nitrogens with one attached hydrogen (secondary N) is 1. The second-order valence-electron chi connectivity index (χ2n) is 6.05. The molecule has 0 aliphatic heterocycles. The van der Waals surface area contributed by atoms with Crippen molar-refractivity contribution in [2.75, 3.05) is 7.11 Å². The van der Waals surface area contributed by atoms with E-state index in [9.17, 15) is 13.2 Å². The SMILES string of the molecule is COc1ccc(Cl)cc1CS(=O)(=O)[C@@H](C)C(=O)N[C@@H](C)c1ccccc1. The van der Waals surface area contributed by atoms with Crippen molar-refractivity contribution in [1.29, 1.82) is 0 Å². The summed E-state index contributed by atoms with van der Waals surface area (Å²) in [4.78, 5) is 12.4. The van der Waals surface area contributed by atoms with Gasteiger partial charge >= 0.3 is 0 Å². The number of carbonyl (C=O) groups is 1. The van der Waals surface area contributed by atoms with Gasteiger partial charge in [0.15, 0.2) is 9.84 Å². The largest absolute Gasteiger partial charge is 0.496 e. The number of halogens is 1. The fraction of sp³-hybridized carbons (Fsp3) is 0.316. The lowest BCUT2D eigenvalue weighted by Gasteiger charge is -2.19. The average Bonchev–Trinajstić information content (AvgIpc) is 2.61. The van der Waals surface area contributed by atoms with Crippen LogP contribution >= 0.6 is 11.6 Å². The molecule has 26 heavy (non-hydrogen) atoms. The second-order valence-corrected chi connectivity index (χ2v) is 8.80. The van der Waals surface area contributed by atoms with Crippen LogP contribution in [-0.2, 0) is 20.4 Å². The van der Waals surface area contributed by atoms with Crippen molar-refractivity contribution in [1.82, 2.24) is 5.32 Å². The number of ether oxygens (including phenoxy) is 1. The van der Waals surface area contributed by atoms with Gasteiger partial charge in [-0.25, -0.2) is 8.42 Å². The maximum Gasteiger partial charge on any atom is 0.238 e. The van der Waals surface area contributed by atoms with E-state index in [-0.39, 0.29) is 11.8 Å². The number of hydrogen-bond donors (Lipinski definition) is 1. The number of sulfone groups is 1. The van der Waals surface area contributed by atoms with Crippen LogP contribution in [0.25, 0.3) is 0 Å². The molecule has 0 unspecified atom stereocenters. The van der Waals surface area contributed by atoms with Crippen LogP contribution in [0.1, 0.15) is 31.0 Å². The topological polar surface area (TPSA) is 72.5 Å². The van der Waals surface area contributed by atoms with Crippen LogP contribution in [0, 0.1) is 0 Å². The van der Waals surface area contributed by atoms with Crippen molar-refractivity contribution in [3.05, 3.63) is 64.7 Å². The molecule has 7 heteroatoms. The Morgan fingerprint density at radius 3 is 2.42 bits per heavy atom. The number of benzene rings is 2. The summed E-state index contributed by atoms with van der Waals surface area (Å²) in [5.74, 6) is -0.448. The minimum absolute atomic E-state index is 0.290. The van der Waals surface area contributed by atoms with Crippen LogP contribution in [0.2, 0.25) is 5.02 Å². The number of methoxy groups -OCH3 is 1. The Labute approximate surface area is 159 Å². The molecule has 0 aliphatic rings. The molecule has 0 fully saturated rings. The van der Waals surface area contributed by atoms with Gasteiger partial charge in [0.05, 0.1) is 18.9 Å². The van der Waals surface area contributed by atoms with Crippen LogP contribution in [0.4, 0.5) is 0 Å². The Morgan fingerprint density at radius 2 is 1.81 bits per heavy atom. The lowest BCUT2D eigenvalue weighted by Crippen LogP contribution is -2.39. The van der Waals surface area contributed by atoms with Gasteiger partial charge in [-0.3, -0.25) is 4.79 Å². The molecule has 0 radical (unpaired) electrons. The van der Waals surface area contributed by atoms with Crippen molar-refractivity contribution in [2.24, 2.45) is 0 Å². The third kappa shape index (κ3) is 4.99. The first kappa shape index (κ1) is 20.3. The van der Waals surface area contributed by atoms with Crippen LogP contribution in [0.5, 0.6) is 5.75 Å². The molecule has 2 aromatic carbocycles. The summed E-state index contributed by atoms with van der Waals surface area (Å²) in [5, 5.41) is 1.96. The molecular weight excluding hydrogens is 374 g/mol. The Bertz CT molecular complexity index is 868. The monoisotopic (exact) mass is 395 g/mol. The van der Waals surface area contributed by atoms with Gasteiger partial charge in [0, 0.05) is 10.6 Å². The minimum atomic E-state index is -3.74. The zero-order valence-electron chi connectivity index (χ0n) is 14.9. The molecule has 140 valence electrons. The third-order valence-corrected chi connectivity index (χ3v) is 6.41. The van der Waals surface area contributed by atoms with E-state index in [4.69, 9.17) is 16.3 Å². The molecule has 5 nitrogen and oxygen atoms in total. The first-order valence-corrected chi connectivity index (χ1v) is 10.2. The second kappa shape index (κ2) is 8.56. The Morgan fingerprint density at radius 1 is 1.15 bits per heavy atom. The molecule has 2 rings (SSSR count). The Balaban J connectivity index is 2.13. The van der Waals surface area contributed by atoms with Crippen molar-refractivity contribution in [3.8, 4) is 5.75 Å². The normalized spacial score (nSPS) is 13.7. The van der Waals surface area contributed by atoms with Gasteiger partial charge in [0.1, 0.15) is 11.0 Å². The van der Waals surface area contributed by atoms with Crippen LogP contribution < -0.4 is 10.1 Å². The molecule has 1 amide bonds. The summed E-state index contributed by atoms with van der Waals surface area (Å²) >= 11 is 5.95. The quantitative estimate of drug-likeness (QED) is 0.778. The molecular formula is C19H22ClNO4S. The highest BCUT2D eigenvalue weighted by Crippen LogP contribution is 2.26. The van der Waals surface area contributed by atoms with Crippen molar-refractivity contribution >= 4 is 27.3 Å². The van der Waals surface area contributed by atoms with E-state index in [1.807, 2.05) is 37.3 Å². The predicted molar refractivity (Wildman–Crippen MR) is 103 cm³/mol. The summed E-state index contributed by atoms with van der Waals surface area (Å²) in [7, 11) is -2.29. The summed E-state index contributed by atoms with van der Waals surface area (Å²) in [5.41, 5.74) is 1.33. The maximum atomic E-state index is 12.7. The standard InChI is InChI=1S/C19H22ClNO4S/c1-13(15-7-5-4-6-8-15)21-19(22)14(2)26(23,24)12-16-11-17(20)9-10-18(16)25-3/h4-11,13-14H,12H2,1-3H3,(H,21,22)/t13-,14-/m0/s1. The number of amides is 1. The van der Waals surface area contributed by atoms with Crippen molar-refractivity contribution in [3.63, 3.8) is 0 Å². The molecule has 0 saturated heterocycles. The van der Waals surface area contributed by atoms with E-state index in [0.717, 1.165) is 5.56 Å². The van der Waals surface area contributed by atoms with Gasteiger partial charge in [-0.2, -0.15) is 0 Å². The van der Waals surface area contributed by atoms with E-state index in [0.29, 0.717) is 16.3 Å². The highest BCUT2D eigenvalue weighted by Gasteiger charge is 2.30. The van der Waals surface area contributed by atoms with Gasteiger partial charge in [-0.1, -0.05) is 41.9 Å². The van der Waals surface area contributed by atoms with E-state index in [1.165, 1.54) is 20.1 Å². The highest BCUT2D eigenvalue weighted by atomic mass is 35.5.